The molecule has 2 nitrogen and oxygen atoms in total. The molecule has 0 radical (unpaired) electrons. The molecule has 5 heteroatoms. The van der Waals surface area contributed by atoms with Gasteiger partial charge in [0.25, 0.3) is 9.05 Å². The fourth-order valence-electron chi connectivity index (χ4n) is 0.346. The Morgan fingerprint density at radius 3 is 2.25 bits per heavy atom. The van der Waals surface area contributed by atoms with Gasteiger partial charge in [0, 0.05) is 15.7 Å². The second-order valence-electron chi connectivity index (χ2n) is 1.97. The van der Waals surface area contributed by atoms with Crippen molar-refractivity contribution in [2.75, 3.05) is 0 Å². The molecular formula is C7H8Cl2O2S. The predicted octanol–water partition coefficient (Wildman–Crippen LogP) is 2.77. The van der Waals surface area contributed by atoms with Crippen LogP contribution in [0.15, 0.2) is 34.7 Å². The molecule has 0 bridgehead atoms. The van der Waals surface area contributed by atoms with Crippen LogP contribution in [0.1, 0.15) is 6.92 Å². The minimum absolute atomic E-state index is 0.0455. The van der Waals surface area contributed by atoms with E-state index in [1.54, 1.807) is 0 Å². The first kappa shape index (κ1) is 11.8. The molecule has 0 spiro atoms. The van der Waals surface area contributed by atoms with E-state index >= 15 is 0 Å². The monoisotopic (exact) mass is 226 g/mol. The van der Waals surface area contributed by atoms with Crippen LogP contribution < -0.4 is 0 Å². The van der Waals surface area contributed by atoms with E-state index in [0.717, 1.165) is 0 Å². The third kappa shape index (κ3) is 4.59. The lowest BCUT2D eigenvalue weighted by molar-refractivity contribution is 0.615. The van der Waals surface area contributed by atoms with Crippen molar-refractivity contribution in [2.24, 2.45) is 0 Å². The number of halogens is 2. The van der Waals surface area contributed by atoms with Gasteiger partial charge in [0.15, 0.2) is 0 Å². The SMILES string of the molecule is C=C/C(Cl)=C\C=C(/C)S(=O)(=O)Cl. The van der Waals surface area contributed by atoms with Gasteiger partial charge >= 0.3 is 0 Å². The first-order chi connectivity index (χ1) is 5.38. The Hall–Kier alpha value is -0.250. The Labute approximate surface area is 81.6 Å². The highest BCUT2D eigenvalue weighted by atomic mass is 35.7. The second-order valence-corrected chi connectivity index (χ2v) is 5.15. The zero-order valence-electron chi connectivity index (χ0n) is 6.42. The van der Waals surface area contributed by atoms with Crippen molar-refractivity contribution >= 4 is 31.3 Å². The van der Waals surface area contributed by atoms with Crippen molar-refractivity contribution in [2.45, 2.75) is 6.92 Å². The molecule has 68 valence electrons. The van der Waals surface area contributed by atoms with Crippen LogP contribution in [0.5, 0.6) is 0 Å². The number of rotatable bonds is 3. The second kappa shape index (κ2) is 4.70. The smallest absolute Gasteiger partial charge is 0.207 e. The maximum Gasteiger partial charge on any atom is 0.257 e. The molecule has 0 aliphatic carbocycles. The van der Waals surface area contributed by atoms with Crippen LogP contribution in [0.25, 0.3) is 0 Å². The van der Waals surface area contributed by atoms with Gasteiger partial charge in [0.05, 0.1) is 4.91 Å². The summed E-state index contributed by atoms with van der Waals surface area (Å²) >= 11 is 5.52. The van der Waals surface area contributed by atoms with Gasteiger partial charge in [-0.2, -0.15) is 0 Å². The molecule has 0 aromatic rings. The minimum Gasteiger partial charge on any atom is -0.207 e. The van der Waals surface area contributed by atoms with Crippen LogP contribution in [0.4, 0.5) is 0 Å². The molecule has 0 heterocycles. The molecule has 0 aliphatic heterocycles. The molecule has 0 aliphatic rings. The van der Waals surface area contributed by atoms with Crippen LogP contribution >= 0.6 is 22.3 Å². The molecule has 0 N–H and O–H groups in total. The van der Waals surface area contributed by atoms with Gasteiger partial charge in [0.2, 0.25) is 0 Å². The average molecular weight is 227 g/mol. The van der Waals surface area contributed by atoms with E-state index in [4.69, 9.17) is 22.3 Å². The van der Waals surface area contributed by atoms with Crippen LogP contribution in [0.2, 0.25) is 0 Å². The molecule has 0 rings (SSSR count). The molecular weight excluding hydrogens is 219 g/mol. The van der Waals surface area contributed by atoms with E-state index in [1.165, 1.54) is 25.2 Å². The highest BCUT2D eigenvalue weighted by molar-refractivity contribution is 8.16. The molecule has 0 atom stereocenters. The molecule has 0 aromatic carbocycles. The largest absolute Gasteiger partial charge is 0.257 e. The van der Waals surface area contributed by atoms with Crippen molar-refractivity contribution in [3.8, 4) is 0 Å². The maximum atomic E-state index is 10.6. The van der Waals surface area contributed by atoms with Crippen molar-refractivity contribution in [3.63, 3.8) is 0 Å². The Morgan fingerprint density at radius 1 is 1.42 bits per heavy atom. The van der Waals surface area contributed by atoms with Crippen molar-refractivity contribution in [1.82, 2.24) is 0 Å². The lowest BCUT2D eigenvalue weighted by atomic mass is 10.4. The van der Waals surface area contributed by atoms with Crippen LogP contribution in [0.3, 0.4) is 0 Å². The van der Waals surface area contributed by atoms with Crippen molar-refractivity contribution in [1.29, 1.82) is 0 Å². The molecule has 0 amide bonds. The Morgan fingerprint density at radius 2 is 1.92 bits per heavy atom. The van der Waals surface area contributed by atoms with Crippen LogP contribution in [-0.2, 0) is 9.05 Å². The number of hydrogen-bond acceptors (Lipinski definition) is 2. The molecule has 0 fully saturated rings. The zero-order valence-corrected chi connectivity index (χ0v) is 8.75. The van der Waals surface area contributed by atoms with Gasteiger partial charge < -0.3 is 0 Å². The van der Waals surface area contributed by atoms with E-state index in [9.17, 15) is 8.42 Å². The Balaban J connectivity index is 4.73. The fraction of sp³-hybridized carbons (Fsp3) is 0.143. The summed E-state index contributed by atoms with van der Waals surface area (Å²) in [5, 5.41) is 0.356. The Bertz CT molecular complexity index is 325. The topological polar surface area (TPSA) is 34.1 Å². The maximum absolute atomic E-state index is 10.6. The summed E-state index contributed by atoms with van der Waals surface area (Å²) in [5.41, 5.74) is 0. The van der Waals surface area contributed by atoms with Gasteiger partial charge in [-0.1, -0.05) is 24.3 Å². The molecule has 0 saturated carbocycles. The molecule has 0 unspecified atom stereocenters. The number of allylic oxidation sites excluding steroid dienone is 5. The van der Waals surface area contributed by atoms with Crippen molar-refractivity contribution < 1.29 is 8.42 Å². The Kier molecular flexibility index (Phi) is 4.60. The lowest BCUT2D eigenvalue weighted by Gasteiger charge is -1.90. The third-order valence-corrected chi connectivity index (χ3v) is 2.97. The summed E-state index contributed by atoms with van der Waals surface area (Å²) in [6.45, 7) is 4.77. The summed E-state index contributed by atoms with van der Waals surface area (Å²) < 4.78 is 21.3. The van der Waals surface area contributed by atoms with Gasteiger partial charge in [0.1, 0.15) is 0 Å². The third-order valence-electron chi connectivity index (χ3n) is 1.06. The highest BCUT2D eigenvalue weighted by Crippen LogP contribution is 2.12. The van der Waals surface area contributed by atoms with Crippen LogP contribution in [-0.4, -0.2) is 8.42 Å². The summed E-state index contributed by atoms with van der Waals surface area (Å²) in [6, 6.07) is 0. The minimum atomic E-state index is -3.61. The zero-order chi connectivity index (χ0) is 9.78. The lowest BCUT2D eigenvalue weighted by Crippen LogP contribution is -1.88. The average Bonchev–Trinajstić information content (AvgIpc) is 1.97. The summed E-state index contributed by atoms with van der Waals surface area (Å²) in [6.07, 6.45) is 4.11. The quantitative estimate of drug-likeness (QED) is 0.548. The normalized spacial score (nSPS) is 14.6. The summed E-state index contributed by atoms with van der Waals surface area (Å²) in [7, 11) is 1.41. The number of hydrogen-bond donors (Lipinski definition) is 0. The highest BCUT2D eigenvalue weighted by Gasteiger charge is 2.05. The van der Waals surface area contributed by atoms with Crippen LogP contribution in [0, 0.1) is 0 Å². The standard InChI is InChI=1S/C7H8Cl2O2S/c1-3-7(8)5-4-6(2)12(9,10)11/h3-5H,1H2,2H3/b6-4+,7-5+. The van der Waals surface area contributed by atoms with E-state index < -0.39 is 9.05 Å². The van der Waals surface area contributed by atoms with Gasteiger partial charge in [-0.15, -0.1) is 0 Å². The van der Waals surface area contributed by atoms with E-state index in [-0.39, 0.29) is 4.91 Å². The van der Waals surface area contributed by atoms with Crippen molar-refractivity contribution in [3.05, 3.63) is 34.7 Å². The molecule has 0 aromatic heterocycles. The fourth-order valence-corrected chi connectivity index (χ4v) is 0.794. The molecule has 12 heavy (non-hydrogen) atoms. The van der Waals surface area contributed by atoms with E-state index in [2.05, 4.69) is 6.58 Å². The summed E-state index contributed by atoms with van der Waals surface area (Å²) in [5.74, 6) is 0. The van der Waals surface area contributed by atoms with E-state index in [1.807, 2.05) is 0 Å². The predicted molar refractivity (Wildman–Crippen MR) is 52.7 cm³/mol. The first-order valence-electron chi connectivity index (χ1n) is 2.99. The van der Waals surface area contributed by atoms with Gasteiger partial charge in [-0.05, 0) is 19.1 Å². The van der Waals surface area contributed by atoms with E-state index in [0.29, 0.717) is 5.03 Å². The molecule has 0 saturated heterocycles. The van der Waals surface area contributed by atoms with Gasteiger partial charge in [-0.25, -0.2) is 8.42 Å². The van der Waals surface area contributed by atoms with Gasteiger partial charge in [-0.3, -0.25) is 0 Å². The first-order valence-corrected chi connectivity index (χ1v) is 5.68. The summed E-state index contributed by atoms with van der Waals surface area (Å²) in [4.78, 5) is 0.0455.